The van der Waals surface area contributed by atoms with E-state index in [0.717, 1.165) is 18.4 Å². The van der Waals surface area contributed by atoms with Gasteiger partial charge in [-0.3, -0.25) is 4.79 Å². The molecule has 1 amide bonds. The first-order valence-electron chi connectivity index (χ1n) is 4.88. The van der Waals surface area contributed by atoms with E-state index in [1.165, 1.54) is 6.07 Å². The Morgan fingerprint density at radius 3 is 2.50 bits per heavy atom. The number of carbonyl (C=O) groups excluding carboxylic acids is 2. The van der Waals surface area contributed by atoms with Gasteiger partial charge in [0.05, 0.1) is 12.8 Å². The Bertz CT molecular complexity index is 467. The fourth-order valence-corrected chi connectivity index (χ4v) is 2.12. The molecule has 0 radical (unpaired) electrons. The van der Waals surface area contributed by atoms with Crippen LogP contribution in [0.3, 0.4) is 0 Å². The van der Waals surface area contributed by atoms with Crippen molar-refractivity contribution in [2.45, 2.75) is 19.5 Å². The molecule has 1 N–H and O–H groups in total. The Morgan fingerprint density at radius 2 is 2.06 bits per heavy atom. The molecule has 1 aromatic heterocycles. The molecule has 0 unspecified atom stereocenters. The van der Waals surface area contributed by atoms with Crippen LogP contribution in [-0.2, 0) is 16.0 Å². The number of ether oxygens (including phenoxy) is 1. The number of aryl methyl sites for hydroxylation is 1. The zero-order valence-electron chi connectivity index (χ0n) is 9.55. The van der Waals surface area contributed by atoms with E-state index in [0.29, 0.717) is 11.3 Å². The lowest BCUT2D eigenvalue weighted by molar-refractivity contribution is -0.167. The summed E-state index contributed by atoms with van der Waals surface area (Å²) in [6.07, 6.45) is -4.46. The molecule has 100 valence electrons. The number of hydrogen-bond donors (Lipinski definition) is 1. The van der Waals surface area contributed by atoms with Crippen molar-refractivity contribution >= 4 is 28.9 Å². The average Bonchev–Trinajstić information content (AvgIpc) is 2.70. The van der Waals surface area contributed by atoms with Gasteiger partial charge in [0.1, 0.15) is 4.88 Å². The number of rotatable bonds is 3. The van der Waals surface area contributed by atoms with Crippen LogP contribution in [0.5, 0.6) is 0 Å². The van der Waals surface area contributed by atoms with Crippen LogP contribution in [0.2, 0.25) is 0 Å². The number of carbonyl (C=O) groups is 2. The minimum absolute atomic E-state index is 0.0491. The van der Waals surface area contributed by atoms with Crippen molar-refractivity contribution in [3.05, 3.63) is 15.8 Å². The van der Waals surface area contributed by atoms with E-state index in [2.05, 4.69) is 4.74 Å². The lowest BCUT2D eigenvalue weighted by Crippen LogP contribution is -2.30. The highest BCUT2D eigenvalue weighted by molar-refractivity contribution is 7.14. The van der Waals surface area contributed by atoms with Crippen LogP contribution in [0.15, 0.2) is 6.07 Å². The van der Waals surface area contributed by atoms with Gasteiger partial charge in [-0.1, -0.05) is 6.92 Å². The van der Waals surface area contributed by atoms with E-state index in [-0.39, 0.29) is 10.6 Å². The van der Waals surface area contributed by atoms with Crippen molar-refractivity contribution < 1.29 is 27.5 Å². The van der Waals surface area contributed by atoms with Gasteiger partial charge in [-0.2, -0.15) is 13.2 Å². The number of esters is 1. The summed E-state index contributed by atoms with van der Waals surface area (Å²) >= 11 is 0.988. The van der Waals surface area contributed by atoms with Gasteiger partial charge in [-0.25, -0.2) is 4.79 Å². The van der Waals surface area contributed by atoms with Crippen LogP contribution in [0.25, 0.3) is 0 Å². The van der Waals surface area contributed by atoms with Crippen molar-refractivity contribution in [2.75, 3.05) is 12.4 Å². The maximum Gasteiger partial charge on any atom is 0.471 e. The molecule has 1 heterocycles. The van der Waals surface area contributed by atoms with Gasteiger partial charge in [0.2, 0.25) is 0 Å². The van der Waals surface area contributed by atoms with Gasteiger partial charge in [-0.05, 0) is 12.5 Å². The highest BCUT2D eigenvalue weighted by atomic mass is 32.1. The first kappa shape index (κ1) is 14.5. The van der Waals surface area contributed by atoms with E-state index in [1.807, 2.05) is 0 Å². The minimum atomic E-state index is -5.00. The van der Waals surface area contributed by atoms with E-state index in [9.17, 15) is 22.8 Å². The number of thiophene rings is 1. The molecule has 0 aliphatic carbocycles. The second-order valence-corrected chi connectivity index (χ2v) is 4.39. The Labute approximate surface area is 105 Å². The van der Waals surface area contributed by atoms with Crippen LogP contribution >= 0.6 is 11.3 Å². The van der Waals surface area contributed by atoms with E-state index < -0.39 is 18.1 Å². The molecule has 18 heavy (non-hydrogen) atoms. The normalized spacial score (nSPS) is 11.2. The SMILES string of the molecule is CCc1cc(NC(=O)C(F)(F)F)c(C(=O)OC)s1. The molecule has 1 aromatic rings. The number of alkyl halides is 3. The van der Waals surface area contributed by atoms with Crippen molar-refractivity contribution in [1.82, 2.24) is 0 Å². The highest BCUT2D eigenvalue weighted by Gasteiger charge is 2.39. The molecule has 4 nitrogen and oxygen atoms in total. The molecular formula is C10H10F3NO3S. The topological polar surface area (TPSA) is 55.4 Å². The molecule has 0 aromatic carbocycles. The second-order valence-electron chi connectivity index (χ2n) is 3.25. The van der Waals surface area contributed by atoms with Gasteiger partial charge in [0, 0.05) is 4.88 Å². The third-order valence-electron chi connectivity index (χ3n) is 2.01. The summed E-state index contributed by atoms with van der Waals surface area (Å²) in [7, 11) is 1.11. The zero-order valence-corrected chi connectivity index (χ0v) is 10.4. The van der Waals surface area contributed by atoms with Gasteiger partial charge >= 0.3 is 18.1 Å². The first-order valence-corrected chi connectivity index (χ1v) is 5.70. The molecule has 0 saturated heterocycles. The lowest BCUT2D eigenvalue weighted by atomic mass is 10.3. The van der Waals surface area contributed by atoms with Gasteiger partial charge < -0.3 is 10.1 Å². The number of hydrogen-bond acceptors (Lipinski definition) is 4. The van der Waals surface area contributed by atoms with Gasteiger partial charge in [0.25, 0.3) is 0 Å². The Morgan fingerprint density at radius 1 is 1.44 bits per heavy atom. The average molecular weight is 281 g/mol. The van der Waals surface area contributed by atoms with Crippen molar-refractivity contribution in [2.24, 2.45) is 0 Å². The molecule has 0 bridgehead atoms. The predicted molar refractivity (Wildman–Crippen MR) is 59.7 cm³/mol. The molecule has 0 saturated carbocycles. The monoisotopic (exact) mass is 281 g/mol. The third-order valence-corrected chi connectivity index (χ3v) is 3.27. The summed E-state index contributed by atoms with van der Waals surface area (Å²) in [5, 5.41) is 1.67. The van der Waals surface area contributed by atoms with Crippen LogP contribution in [0.1, 0.15) is 21.5 Å². The minimum Gasteiger partial charge on any atom is -0.465 e. The Balaban J connectivity index is 3.04. The Kier molecular flexibility index (Phi) is 4.33. The van der Waals surface area contributed by atoms with Crippen LogP contribution in [-0.4, -0.2) is 25.2 Å². The molecule has 0 spiro atoms. The maximum atomic E-state index is 12.1. The molecular weight excluding hydrogens is 271 g/mol. The summed E-state index contributed by atoms with van der Waals surface area (Å²) in [5.41, 5.74) is -0.175. The number of nitrogens with one attached hydrogen (secondary N) is 1. The van der Waals surface area contributed by atoms with Gasteiger partial charge in [0.15, 0.2) is 0 Å². The van der Waals surface area contributed by atoms with Gasteiger partial charge in [-0.15, -0.1) is 11.3 Å². The molecule has 8 heteroatoms. The van der Waals surface area contributed by atoms with Crippen LogP contribution in [0.4, 0.5) is 18.9 Å². The van der Waals surface area contributed by atoms with E-state index >= 15 is 0 Å². The summed E-state index contributed by atoms with van der Waals surface area (Å²) in [6.45, 7) is 1.78. The number of halogens is 3. The quantitative estimate of drug-likeness (QED) is 0.866. The summed E-state index contributed by atoms with van der Waals surface area (Å²) in [5.74, 6) is -2.90. The predicted octanol–water partition coefficient (Wildman–Crippen LogP) is 2.60. The number of amides is 1. The summed E-state index contributed by atoms with van der Waals surface area (Å²) in [4.78, 5) is 22.8. The first-order chi connectivity index (χ1) is 8.29. The number of anilines is 1. The third kappa shape index (κ3) is 3.22. The van der Waals surface area contributed by atoms with Crippen molar-refractivity contribution in [1.29, 1.82) is 0 Å². The smallest absolute Gasteiger partial charge is 0.465 e. The van der Waals surface area contributed by atoms with Crippen LogP contribution < -0.4 is 5.32 Å². The standard InChI is InChI=1S/C10H10F3NO3S/c1-3-5-4-6(7(18-5)8(15)17-2)14-9(16)10(11,12)13/h4H,3H2,1-2H3,(H,14,16). The second kappa shape index (κ2) is 5.38. The molecule has 1 rings (SSSR count). The molecule has 0 fully saturated rings. The Hall–Kier alpha value is -1.57. The van der Waals surface area contributed by atoms with Crippen molar-refractivity contribution in [3.8, 4) is 0 Å². The fraction of sp³-hybridized carbons (Fsp3) is 0.400. The fourth-order valence-electron chi connectivity index (χ4n) is 1.15. The summed E-state index contributed by atoms with van der Waals surface area (Å²) in [6, 6.07) is 1.33. The number of methoxy groups -OCH3 is 1. The van der Waals surface area contributed by atoms with Crippen molar-refractivity contribution in [3.63, 3.8) is 0 Å². The largest absolute Gasteiger partial charge is 0.471 e. The maximum absolute atomic E-state index is 12.1. The molecule has 0 aliphatic heterocycles. The molecule has 0 atom stereocenters. The van der Waals surface area contributed by atoms with Crippen LogP contribution in [0, 0.1) is 0 Å². The lowest BCUT2D eigenvalue weighted by Gasteiger charge is -2.07. The zero-order chi connectivity index (χ0) is 13.9. The van der Waals surface area contributed by atoms with E-state index in [1.54, 1.807) is 12.2 Å². The highest BCUT2D eigenvalue weighted by Crippen LogP contribution is 2.29. The van der Waals surface area contributed by atoms with E-state index in [4.69, 9.17) is 0 Å². The summed E-state index contributed by atoms with van der Waals surface area (Å²) < 4.78 is 40.8. The molecule has 0 aliphatic rings.